The average molecular weight is 243 g/mol. The smallest absolute Gasteiger partial charge is 0.0773 e. The van der Waals surface area contributed by atoms with Crippen molar-refractivity contribution in [3.05, 3.63) is 35.9 Å². The van der Waals surface area contributed by atoms with Gasteiger partial charge in [-0.2, -0.15) is 10.2 Å². The molecule has 0 aromatic carbocycles. The standard InChI is InChI=1S/C13H17N5/c1-3-12-7-11(15-18(12)5-1)8-16-9-13(10-16)17-6-2-4-14-17/h2,4,6-7,13H,1,3,5,8-10H2. The normalized spacial score (nSPS) is 20.0. The fraction of sp³-hybridized carbons (Fsp3) is 0.538. The van der Waals surface area contributed by atoms with E-state index in [0.717, 1.165) is 26.2 Å². The number of nitrogens with zero attached hydrogens (tertiary/aromatic N) is 5. The molecule has 2 aromatic rings. The number of likely N-dealkylation sites (tertiary alicyclic amines) is 1. The minimum Gasteiger partial charge on any atom is -0.293 e. The van der Waals surface area contributed by atoms with Crippen LogP contribution in [0.4, 0.5) is 0 Å². The zero-order chi connectivity index (χ0) is 11.9. The van der Waals surface area contributed by atoms with Gasteiger partial charge in [0.2, 0.25) is 0 Å². The maximum atomic E-state index is 4.65. The van der Waals surface area contributed by atoms with Crippen molar-refractivity contribution in [2.24, 2.45) is 0 Å². The summed E-state index contributed by atoms with van der Waals surface area (Å²) in [7, 11) is 0. The van der Waals surface area contributed by atoms with E-state index in [4.69, 9.17) is 0 Å². The van der Waals surface area contributed by atoms with E-state index >= 15 is 0 Å². The molecule has 94 valence electrons. The van der Waals surface area contributed by atoms with Gasteiger partial charge >= 0.3 is 0 Å². The minimum absolute atomic E-state index is 0.550. The van der Waals surface area contributed by atoms with Crippen molar-refractivity contribution in [2.45, 2.75) is 32.0 Å². The van der Waals surface area contributed by atoms with Crippen molar-refractivity contribution in [3.8, 4) is 0 Å². The summed E-state index contributed by atoms with van der Waals surface area (Å²) in [6.07, 6.45) is 6.35. The number of fused-ring (bicyclic) bond motifs is 1. The van der Waals surface area contributed by atoms with Crippen LogP contribution in [0, 0.1) is 0 Å². The number of hydrogen-bond donors (Lipinski definition) is 0. The van der Waals surface area contributed by atoms with Crippen LogP contribution in [-0.2, 0) is 19.5 Å². The molecule has 1 saturated heterocycles. The van der Waals surface area contributed by atoms with Gasteiger partial charge in [-0.15, -0.1) is 0 Å². The molecule has 0 atom stereocenters. The maximum Gasteiger partial charge on any atom is 0.0773 e. The molecule has 5 nitrogen and oxygen atoms in total. The van der Waals surface area contributed by atoms with Crippen LogP contribution in [0.25, 0.3) is 0 Å². The van der Waals surface area contributed by atoms with Gasteiger partial charge in [-0.25, -0.2) is 0 Å². The average Bonchev–Trinajstić information content (AvgIpc) is 2.98. The molecule has 18 heavy (non-hydrogen) atoms. The first kappa shape index (κ1) is 10.3. The van der Waals surface area contributed by atoms with Crippen LogP contribution in [0.15, 0.2) is 24.5 Å². The molecule has 0 radical (unpaired) electrons. The minimum atomic E-state index is 0.550. The highest BCUT2D eigenvalue weighted by atomic mass is 15.4. The quantitative estimate of drug-likeness (QED) is 0.810. The number of hydrogen-bond acceptors (Lipinski definition) is 3. The number of aryl methyl sites for hydroxylation is 2. The molecule has 0 N–H and O–H groups in total. The molecule has 0 bridgehead atoms. The summed E-state index contributed by atoms with van der Waals surface area (Å²) >= 11 is 0. The Labute approximate surface area is 106 Å². The predicted octanol–water partition coefficient (Wildman–Crippen LogP) is 1.08. The monoisotopic (exact) mass is 243 g/mol. The molecule has 2 aliphatic heterocycles. The van der Waals surface area contributed by atoms with Crippen molar-refractivity contribution in [1.82, 2.24) is 24.5 Å². The van der Waals surface area contributed by atoms with Gasteiger partial charge in [0.1, 0.15) is 0 Å². The molecule has 0 saturated carbocycles. The van der Waals surface area contributed by atoms with Gasteiger partial charge in [0.15, 0.2) is 0 Å². The van der Waals surface area contributed by atoms with Gasteiger partial charge in [-0.05, 0) is 25.0 Å². The van der Waals surface area contributed by atoms with Gasteiger partial charge < -0.3 is 0 Å². The highest BCUT2D eigenvalue weighted by molar-refractivity contribution is 5.13. The van der Waals surface area contributed by atoms with E-state index in [-0.39, 0.29) is 0 Å². The lowest BCUT2D eigenvalue weighted by Gasteiger charge is -2.38. The Morgan fingerprint density at radius 2 is 2.28 bits per heavy atom. The Morgan fingerprint density at radius 3 is 3.06 bits per heavy atom. The Kier molecular flexibility index (Phi) is 2.26. The summed E-state index contributed by atoms with van der Waals surface area (Å²) < 4.78 is 4.23. The lowest BCUT2D eigenvalue weighted by molar-refractivity contribution is 0.0893. The maximum absolute atomic E-state index is 4.65. The molecule has 4 heterocycles. The number of aromatic nitrogens is 4. The molecule has 2 aromatic heterocycles. The molecule has 2 aliphatic rings. The Balaban J connectivity index is 1.37. The largest absolute Gasteiger partial charge is 0.293 e. The van der Waals surface area contributed by atoms with E-state index in [1.807, 2.05) is 18.5 Å². The lowest BCUT2D eigenvalue weighted by Crippen LogP contribution is -2.47. The van der Waals surface area contributed by atoms with Crippen molar-refractivity contribution < 1.29 is 0 Å². The third-order valence-corrected chi connectivity index (χ3v) is 3.94. The van der Waals surface area contributed by atoms with Crippen molar-refractivity contribution in [2.75, 3.05) is 13.1 Å². The third kappa shape index (κ3) is 1.66. The van der Waals surface area contributed by atoms with Crippen LogP contribution in [0.5, 0.6) is 0 Å². The second-order valence-corrected chi connectivity index (χ2v) is 5.29. The second-order valence-electron chi connectivity index (χ2n) is 5.29. The summed E-state index contributed by atoms with van der Waals surface area (Å²) in [6, 6.07) is 4.81. The molecular formula is C13H17N5. The van der Waals surface area contributed by atoms with E-state index in [2.05, 4.69) is 30.5 Å². The molecule has 0 unspecified atom stereocenters. The topological polar surface area (TPSA) is 38.9 Å². The van der Waals surface area contributed by atoms with E-state index in [9.17, 15) is 0 Å². The van der Waals surface area contributed by atoms with E-state index in [1.165, 1.54) is 24.2 Å². The zero-order valence-electron chi connectivity index (χ0n) is 10.4. The molecule has 5 heteroatoms. The van der Waals surface area contributed by atoms with Crippen LogP contribution in [0.3, 0.4) is 0 Å². The second kappa shape index (κ2) is 3.95. The Bertz CT molecular complexity index is 514. The Hall–Kier alpha value is -1.62. The summed E-state index contributed by atoms with van der Waals surface area (Å²) in [5, 5.41) is 8.94. The van der Waals surface area contributed by atoms with Crippen LogP contribution < -0.4 is 0 Å². The third-order valence-electron chi connectivity index (χ3n) is 3.94. The van der Waals surface area contributed by atoms with Crippen LogP contribution in [0.2, 0.25) is 0 Å². The molecule has 1 fully saturated rings. The van der Waals surface area contributed by atoms with Gasteiger partial charge in [0.05, 0.1) is 11.7 Å². The van der Waals surface area contributed by atoms with Crippen molar-refractivity contribution in [1.29, 1.82) is 0 Å². The van der Waals surface area contributed by atoms with E-state index < -0.39 is 0 Å². The molecule has 0 aliphatic carbocycles. The van der Waals surface area contributed by atoms with Crippen LogP contribution in [0.1, 0.15) is 23.9 Å². The molecular weight excluding hydrogens is 226 g/mol. The van der Waals surface area contributed by atoms with Gasteiger partial charge in [0, 0.05) is 44.3 Å². The number of rotatable bonds is 3. The molecule has 0 spiro atoms. The lowest BCUT2D eigenvalue weighted by atomic mass is 10.1. The van der Waals surface area contributed by atoms with E-state index in [0.29, 0.717) is 6.04 Å². The predicted molar refractivity (Wildman–Crippen MR) is 67.1 cm³/mol. The fourth-order valence-electron chi connectivity index (χ4n) is 2.96. The highest BCUT2D eigenvalue weighted by Gasteiger charge is 2.29. The summed E-state index contributed by atoms with van der Waals surface area (Å²) in [5.41, 5.74) is 2.64. The Morgan fingerprint density at radius 1 is 1.33 bits per heavy atom. The zero-order valence-corrected chi connectivity index (χ0v) is 10.4. The van der Waals surface area contributed by atoms with E-state index in [1.54, 1.807) is 0 Å². The summed E-state index contributed by atoms with van der Waals surface area (Å²) in [4.78, 5) is 2.43. The summed E-state index contributed by atoms with van der Waals surface area (Å²) in [6.45, 7) is 4.26. The van der Waals surface area contributed by atoms with Crippen molar-refractivity contribution in [3.63, 3.8) is 0 Å². The highest BCUT2D eigenvalue weighted by Crippen LogP contribution is 2.23. The SMILES string of the molecule is c1cnn(C2CN(Cc3cc4n(n3)CCC4)C2)c1. The van der Waals surface area contributed by atoms with Crippen molar-refractivity contribution >= 4 is 0 Å². The fourth-order valence-corrected chi connectivity index (χ4v) is 2.96. The molecule has 0 amide bonds. The van der Waals surface area contributed by atoms with Crippen LogP contribution in [-0.4, -0.2) is 37.6 Å². The van der Waals surface area contributed by atoms with Gasteiger partial charge in [0.25, 0.3) is 0 Å². The molecule has 4 rings (SSSR count). The summed E-state index contributed by atoms with van der Waals surface area (Å²) in [5.74, 6) is 0. The first-order valence-electron chi connectivity index (χ1n) is 6.65. The van der Waals surface area contributed by atoms with Gasteiger partial charge in [-0.1, -0.05) is 0 Å². The first-order chi connectivity index (χ1) is 8.88. The van der Waals surface area contributed by atoms with Gasteiger partial charge in [-0.3, -0.25) is 14.3 Å². The van der Waals surface area contributed by atoms with Crippen LogP contribution >= 0.6 is 0 Å². The first-order valence-corrected chi connectivity index (χ1v) is 6.65.